The van der Waals surface area contributed by atoms with Crippen LogP contribution in [0.4, 0.5) is 17.1 Å². The van der Waals surface area contributed by atoms with Gasteiger partial charge >= 0.3 is 0 Å². The molecule has 0 N–H and O–H groups in total. The molecule has 67 heavy (non-hydrogen) atoms. The third-order valence-corrected chi connectivity index (χ3v) is 15.2. The Hall–Kier alpha value is -8.20. The van der Waals surface area contributed by atoms with Crippen molar-refractivity contribution in [3.05, 3.63) is 275 Å². The molecule has 316 valence electrons. The summed E-state index contributed by atoms with van der Waals surface area (Å²) in [6.45, 7) is 0. The van der Waals surface area contributed by atoms with Gasteiger partial charge in [0.25, 0.3) is 0 Å². The molecule has 0 unspecified atom stereocenters. The third kappa shape index (κ3) is 5.76. The first-order valence-electron chi connectivity index (χ1n) is 23.8. The Morgan fingerprint density at radius 3 is 1.52 bits per heavy atom. The number of nitrogens with zero attached hydrogens (tertiary/aromatic N) is 2. The van der Waals surface area contributed by atoms with E-state index in [-0.39, 0.29) is 0 Å². The van der Waals surface area contributed by atoms with E-state index in [4.69, 9.17) is 0 Å². The number of anilines is 3. The highest BCUT2D eigenvalue weighted by Gasteiger charge is 2.49. The van der Waals surface area contributed by atoms with Crippen molar-refractivity contribution in [1.82, 2.24) is 4.57 Å². The highest BCUT2D eigenvalue weighted by atomic mass is 15.1. The Labute approximate surface area is 391 Å². The van der Waals surface area contributed by atoms with Gasteiger partial charge < -0.3 is 9.47 Å². The van der Waals surface area contributed by atoms with Crippen LogP contribution in [-0.2, 0) is 31.1 Å². The van der Waals surface area contributed by atoms with E-state index in [2.05, 4.69) is 240 Å². The van der Waals surface area contributed by atoms with Crippen LogP contribution in [-0.4, -0.2) is 4.57 Å². The summed E-state index contributed by atoms with van der Waals surface area (Å²) in [5.74, 6) is 0. The molecular formula is C65H46N2. The molecule has 1 heterocycles. The van der Waals surface area contributed by atoms with Gasteiger partial charge in [-0.2, -0.15) is 0 Å². The molecule has 2 nitrogen and oxygen atoms in total. The molecule has 10 aromatic carbocycles. The minimum atomic E-state index is -0.558. The second-order valence-corrected chi connectivity index (χ2v) is 18.7. The maximum atomic E-state index is 2.56. The second kappa shape index (κ2) is 14.9. The third-order valence-electron chi connectivity index (χ3n) is 15.2. The number of hydrogen-bond donors (Lipinski definition) is 0. The zero-order valence-electron chi connectivity index (χ0n) is 37.2. The summed E-state index contributed by atoms with van der Waals surface area (Å²) in [5.41, 5.74) is 25.1. The Balaban J connectivity index is 1.07. The number of rotatable bonds is 8. The van der Waals surface area contributed by atoms with Crippen LogP contribution in [0.1, 0.15) is 44.5 Å². The van der Waals surface area contributed by atoms with Crippen LogP contribution >= 0.6 is 0 Å². The predicted molar refractivity (Wildman–Crippen MR) is 278 cm³/mol. The molecule has 0 bridgehead atoms. The molecule has 0 amide bonds. The molecule has 0 saturated carbocycles. The van der Waals surface area contributed by atoms with Crippen LogP contribution < -0.4 is 4.90 Å². The molecule has 0 aliphatic heterocycles. The molecule has 3 aliphatic carbocycles. The fourth-order valence-corrected chi connectivity index (χ4v) is 11.8. The molecular weight excluding hydrogens is 809 g/mol. The van der Waals surface area contributed by atoms with Crippen LogP contribution in [0.15, 0.2) is 231 Å². The smallest absolute Gasteiger partial charge is 0.0734 e. The minimum Gasteiger partial charge on any atom is -0.310 e. The Kier molecular flexibility index (Phi) is 8.48. The summed E-state index contributed by atoms with van der Waals surface area (Å²) >= 11 is 0. The monoisotopic (exact) mass is 854 g/mol. The average Bonchev–Trinajstić information content (AvgIpc) is 3.86. The first-order valence-corrected chi connectivity index (χ1v) is 23.8. The summed E-state index contributed by atoms with van der Waals surface area (Å²) in [6.07, 6.45) is 4.56. The molecule has 0 fully saturated rings. The normalized spacial score (nSPS) is 13.9. The lowest BCUT2D eigenvalue weighted by molar-refractivity contribution is 0.740. The van der Waals surface area contributed by atoms with Gasteiger partial charge in [0.15, 0.2) is 0 Å². The van der Waals surface area contributed by atoms with Gasteiger partial charge in [0.05, 0.1) is 22.1 Å². The van der Waals surface area contributed by atoms with Gasteiger partial charge in [0.2, 0.25) is 0 Å². The fraction of sp³-hybridized carbons (Fsp3) is 0.0769. The SMILES string of the molecule is c1ccc(-c2ccc(N(c3ccc4c(c3)c3cc(-c5ccccc5)ccc3n4-c3ccccc3)c3cccc4c3C(c3ccc5c(c3)CC5)(c3ccc5c(c3)CC5)c3ccccc3-4)cc2)cc1. The highest BCUT2D eigenvalue weighted by molar-refractivity contribution is 6.12. The minimum absolute atomic E-state index is 0.558. The lowest BCUT2D eigenvalue weighted by Gasteiger charge is -2.39. The molecule has 0 radical (unpaired) electrons. The summed E-state index contributed by atoms with van der Waals surface area (Å²) in [7, 11) is 0. The number of fused-ring (bicyclic) bond motifs is 8. The van der Waals surface area contributed by atoms with Crippen molar-refractivity contribution in [1.29, 1.82) is 0 Å². The molecule has 1 aromatic heterocycles. The largest absolute Gasteiger partial charge is 0.310 e. The van der Waals surface area contributed by atoms with E-state index in [0.29, 0.717) is 0 Å². The van der Waals surface area contributed by atoms with Crippen molar-refractivity contribution < 1.29 is 0 Å². The maximum Gasteiger partial charge on any atom is 0.0734 e. The molecule has 2 heteroatoms. The van der Waals surface area contributed by atoms with Gasteiger partial charge in [0.1, 0.15) is 0 Å². The van der Waals surface area contributed by atoms with Crippen LogP contribution in [0, 0.1) is 0 Å². The molecule has 14 rings (SSSR count). The van der Waals surface area contributed by atoms with E-state index in [1.807, 2.05) is 0 Å². The average molecular weight is 855 g/mol. The summed E-state index contributed by atoms with van der Waals surface area (Å²) < 4.78 is 2.43. The zero-order chi connectivity index (χ0) is 44.1. The van der Waals surface area contributed by atoms with E-state index in [1.165, 1.54) is 105 Å². The Morgan fingerprint density at radius 1 is 0.358 bits per heavy atom. The lowest BCUT2D eigenvalue weighted by Crippen LogP contribution is -2.32. The van der Waals surface area contributed by atoms with E-state index in [0.717, 1.165) is 42.7 Å². The van der Waals surface area contributed by atoms with Crippen molar-refractivity contribution >= 4 is 38.9 Å². The summed E-state index contributed by atoms with van der Waals surface area (Å²) in [5, 5.41) is 2.44. The van der Waals surface area contributed by atoms with Gasteiger partial charge in [-0.3, -0.25) is 0 Å². The Morgan fingerprint density at radius 2 is 0.881 bits per heavy atom. The van der Waals surface area contributed by atoms with E-state index >= 15 is 0 Å². The van der Waals surface area contributed by atoms with Crippen molar-refractivity contribution in [2.24, 2.45) is 0 Å². The standard InChI is InChI=1S/C65H46N2/c1-4-13-43(14-5-1)45-29-34-54(35-30-45)66(55-36-38-62-59(42-55)58-41-50(44-15-6-2-7-16-44)31-37-61(58)67(62)53-17-8-3-9-18-53)63-22-12-20-57-56-19-10-11-21-60(56)65(64(57)63,51-32-27-46-23-25-48(46)39-51)52-33-28-47-24-26-49(47)40-52/h1-22,27-42H,23-26H2. The van der Waals surface area contributed by atoms with Gasteiger partial charge in [0, 0.05) is 33.4 Å². The zero-order valence-corrected chi connectivity index (χ0v) is 37.2. The summed E-state index contributed by atoms with van der Waals surface area (Å²) in [4.78, 5) is 2.56. The van der Waals surface area contributed by atoms with E-state index in [9.17, 15) is 0 Å². The van der Waals surface area contributed by atoms with Crippen LogP contribution in [0.2, 0.25) is 0 Å². The van der Waals surface area contributed by atoms with E-state index < -0.39 is 5.41 Å². The maximum absolute atomic E-state index is 2.56. The molecule has 0 saturated heterocycles. The second-order valence-electron chi connectivity index (χ2n) is 18.7. The fourth-order valence-electron chi connectivity index (χ4n) is 11.8. The summed E-state index contributed by atoms with van der Waals surface area (Å²) in [6, 6.07) is 86.8. The predicted octanol–water partition coefficient (Wildman–Crippen LogP) is 16.1. The van der Waals surface area contributed by atoms with E-state index in [1.54, 1.807) is 0 Å². The molecule has 0 atom stereocenters. The molecule has 3 aliphatic rings. The quantitative estimate of drug-likeness (QED) is 0.148. The van der Waals surface area contributed by atoms with Crippen molar-refractivity contribution in [2.45, 2.75) is 31.1 Å². The number of aromatic nitrogens is 1. The number of hydrogen-bond acceptors (Lipinski definition) is 1. The number of benzene rings is 10. The van der Waals surface area contributed by atoms with Crippen molar-refractivity contribution in [2.75, 3.05) is 4.90 Å². The van der Waals surface area contributed by atoms with Crippen molar-refractivity contribution in [3.8, 4) is 39.1 Å². The molecule has 0 spiro atoms. The van der Waals surface area contributed by atoms with Gasteiger partial charge in [-0.05, 0) is 159 Å². The number of para-hydroxylation sites is 1. The van der Waals surface area contributed by atoms with Crippen LogP contribution in [0.25, 0.3) is 60.9 Å². The Bertz CT molecular complexity index is 3680. The topological polar surface area (TPSA) is 8.17 Å². The van der Waals surface area contributed by atoms with Crippen LogP contribution in [0.5, 0.6) is 0 Å². The van der Waals surface area contributed by atoms with Crippen molar-refractivity contribution in [3.63, 3.8) is 0 Å². The first-order chi connectivity index (χ1) is 33.2. The van der Waals surface area contributed by atoms with Gasteiger partial charge in [-0.25, -0.2) is 0 Å². The van der Waals surface area contributed by atoms with Gasteiger partial charge in [-0.15, -0.1) is 0 Å². The number of aryl methyl sites for hydroxylation is 4. The highest BCUT2D eigenvalue weighted by Crippen LogP contribution is 2.61. The van der Waals surface area contributed by atoms with Gasteiger partial charge in [-0.1, -0.05) is 170 Å². The van der Waals surface area contributed by atoms with Crippen LogP contribution in [0.3, 0.4) is 0 Å². The first kappa shape index (κ1) is 38.1. The lowest BCUT2D eigenvalue weighted by atomic mass is 9.65. The molecule has 11 aromatic rings.